The minimum Gasteiger partial charge on any atom is -0.423 e. The average molecular weight is 376 g/mol. The maximum Gasteiger partial charge on any atom is 0.348 e. The van der Waals surface area contributed by atoms with Gasteiger partial charge in [0.2, 0.25) is 0 Å². The number of anilines is 1. The van der Waals surface area contributed by atoms with Crippen molar-refractivity contribution in [3.05, 3.63) is 63.1 Å². The fraction of sp³-hybridized carbons (Fsp3) is 0.118. The van der Waals surface area contributed by atoms with E-state index in [-0.39, 0.29) is 16.6 Å². The van der Waals surface area contributed by atoms with Crippen LogP contribution in [0.3, 0.4) is 0 Å². The number of ether oxygens (including phenoxy) is 1. The van der Waals surface area contributed by atoms with E-state index in [0.717, 1.165) is 0 Å². The van der Waals surface area contributed by atoms with Crippen LogP contribution in [0.2, 0.25) is 5.15 Å². The van der Waals surface area contributed by atoms with Crippen molar-refractivity contribution in [2.45, 2.75) is 6.92 Å². The van der Waals surface area contributed by atoms with Crippen LogP contribution in [0.25, 0.3) is 0 Å². The monoisotopic (exact) mass is 375 g/mol. The summed E-state index contributed by atoms with van der Waals surface area (Å²) in [6.45, 7) is 1.69. The second kappa shape index (κ2) is 7.08. The maximum atomic E-state index is 12.3. The molecule has 3 rings (SSSR count). The second-order valence-electron chi connectivity index (χ2n) is 5.22. The highest BCUT2D eigenvalue weighted by Crippen LogP contribution is 2.23. The van der Waals surface area contributed by atoms with Gasteiger partial charge in [-0.25, -0.2) is 4.79 Å². The van der Waals surface area contributed by atoms with Crippen molar-refractivity contribution >= 4 is 40.5 Å². The highest BCUT2D eigenvalue weighted by Gasteiger charge is 2.21. The molecule has 0 atom stereocenters. The van der Waals surface area contributed by atoms with Crippen molar-refractivity contribution in [2.75, 3.05) is 5.32 Å². The van der Waals surface area contributed by atoms with Gasteiger partial charge in [0, 0.05) is 12.7 Å². The molecule has 1 amide bonds. The summed E-state index contributed by atoms with van der Waals surface area (Å²) in [5, 5.41) is 8.92. The van der Waals surface area contributed by atoms with E-state index in [4.69, 9.17) is 16.3 Å². The number of nitrogens with zero attached hydrogens (tertiary/aromatic N) is 2. The Hall–Kier alpha value is -2.64. The van der Waals surface area contributed by atoms with E-state index in [9.17, 15) is 9.59 Å². The third-order valence-electron chi connectivity index (χ3n) is 3.42. The molecule has 0 spiro atoms. The van der Waals surface area contributed by atoms with E-state index in [0.29, 0.717) is 22.0 Å². The molecule has 0 saturated carbocycles. The molecule has 0 aliphatic heterocycles. The number of esters is 1. The third kappa shape index (κ3) is 3.72. The van der Waals surface area contributed by atoms with Crippen LogP contribution in [0.5, 0.6) is 5.75 Å². The lowest BCUT2D eigenvalue weighted by Gasteiger charge is -2.07. The Bertz CT molecular complexity index is 918. The van der Waals surface area contributed by atoms with Crippen molar-refractivity contribution in [1.29, 1.82) is 0 Å². The Morgan fingerprint density at radius 2 is 1.96 bits per heavy atom. The summed E-state index contributed by atoms with van der Waals surface area (Å²) in [4.78, 5) is 24.9. The Morgan fingerprint density at radius 1 is 1.24 bits per heavy atom. The standard InChI is InChI=1S/C17H14ClN3O3S/c1-10-14(15(18)21(2)20-10)17(23)24-12-7-5-11(6-8-12)19-16(22)13-4-3-9-25-13/h3-9H,1-2H3,(H,19,22). The van der Waals surface area contributed by atoms with Crippen LogP contribution in [0, 0.1) is 6.92 Å². The maximum absolute atomic E-state index is 12.3. The van der Waals surface area contributed by atoms with Gasteiger partial charge in [0.05, 0.1) is 10.6 Å². The Labute approximate surface area is 153 Å². The third-order valence-corrected chi connectivity index (χ3v) is 4.73. The lowest BCUT2D eigenvalue weighted by Crippen LogP contribution is -2.11. The molecule has 128 valence electrons. The molecule has 0 aliphatic rings. The van der Waals surface area contributed by atoms with Crippen LogP contribution in [0.1, 0.15) is 25.7 Å². The number of carbonyl (C=O) groups excluding carboxylic acids is 2. The number of aromatic nitrogens is 2. The molecule has 0 unspecified atom stereocenters. The predicted octanol–water partition coefficient (Wildman–Crippen LogP) is 3.91. The quantitative estimate of drug-likeness (QED) is 0.554. The van der Waals surface area contributed by atoms with Gasteiger partial charge < -0.3 is 10.1 Å². The molecule has 0 bridgehead atoms. The molecule has 6 nitrogen and oxygen atoms in total. The number of thiophene rings is 1. The zero-order valence-electron chi connectivity index (χ0n) is 13.4. The first-order valence-corrected chi connectivity index (χ1v) is 8.57. The minimum atomic E-state index is -0.578. The van der Waals surface area contributed by atoms with Crippen molar-refractivity contribution < 1.29 is 14.3 Å². The number of carbonyl (C=O) groups is 2. The summed E-state index contributed by atoms with van der Waals surface area (Å²) >= 11 is 7.42. The summed E-state index contributed by atoms with van der Waals surface area (Å²) in [5.74, 6) is -0.415. The van der Waals surface area contributed by atoms with E-state index in [1.807, 2.05) is 11.4 Å². The summed E-state index contributed by atoms with van der Waals surface area (Å²) in [5.41, 5.74) is 1.34. The molecular weight excluding hydrogens is 362 g/mol. The summed E-state index contributed by atoms with van der Waals surface area (Å²) in [6, 6.07) is 10.1. The van der Waals surface area contributed by atoms with Gasteiger partial charge >= 0.3 is 5.97 Å². The van der Waals surface area contributed by atoms with E-state index < -0.39 is 5.97 Å². The van der Waals surface area contributed by atoms with E-state index in [2.05, 4.69) is 10.4 Å². The lowest BCUT2D eigenvalue weighted by atomic mass is 10.2. The van der Waals surface area contributed by atoms with Crippen molar-refractivity contribution in [3.63, 3.8) is 0 Å². The van der Waals surface area contributed by atoms with E-state index >= 15 is 0 Å². The van der Waals surface area contributed by atoms with Gasteiger partial charge in [-0.1, -0.05) is 17.7 Å². The minimum absolute atomic E-state index is 0.183. The van der Waals surface area contributed by atoms with Crippen LogP contribution < -0.4 is 10.1 Å². The molecule has 0 aliphatic carbocycles. The molecule has 0 fully saturated rings. The second-order valence-corrected chi connectivity index (χ2v) is 6.53. The first-order chi connectivity index (χ1) is 12.0. The predicted molar refractivity (Wildman–Crippen MR) is 96.6 cm³/mol. The van der Waals surface area contributed by atoms with Crippen LogP contribution >= 0.6 is 22.9 Å². The molecule has 1 aromatic carbocycles. The van der Waals surface area contributed by atoms with E-state index in [1.54, 1.807) is 44.3 Å². The van der Waals surface area contributed by atoms with Crippen molar-refractivity contribution in [2.24, 2.45) is 7.05 Å². The number of aryl methyl sites for hydroxylation is 2. The van der Waals surface area contributed by atoms with Crippen LogP contribution in [-0.2, 0) is 7.05 Å². The fourth-order valence-corrected chi connectivity index (χ4v) is 3.10. The lowest BCUT2D eigenvalue weighted by molar-refractivity contribution is 0.0734. The number of rotatable bonds is 4. The zero-order valence-corrected chi connectivity index (χ0v) is 15.0. The molecular formula is C17H14ClN3O3S. The zero-order chi connectivity index (χ0) is 18.0. The first-order valence-electron chi connectivity index (χ1n) is 7.32. The molecule has 3 aromatic rings. The highest BCUT2D eigenvalue weighted by atomic mass is 35.5. The van der Waals surface area contributed by atoms with Gasteiger partial charge in [-0.3, -0.25) is 9.48 Å². The Kier molecular flexibility index (Phi) is 4.87. The Morgan fingerprint density at radius 3 is 2.52 bits per heavy atom. The Balaban J connectivity index is 1.68. The summed E-state index contributed by atoms with van der Waals surface area (Å²) in [7, 11) is 1.65. The number of nitrogens with one attached hydrogen (secondary N) is 1. The van der Waals surface area contributed by atoms with Crippen molar-refractivity contribution in [3.8, 4) is 5.75 Å². The largest absolute Gasteiger partial charge is 0.423 e. The number of hydrogen-bond acceptors (Lipinski definition) is 5. The van der Waals surface area contributed by atoms with Crippen LogP contribution in [-0.4, -0.2) is 21.7 Å². The van der Waals surface area contributed by atoms with Gasteiger partial charge in [-0.2, -0.15) is 5.10 Å². The molecule has 0 saturated heterocycles. The molecule has 0 radical (unpaired) electrons. The van der Waals surface area contributed by atoms with Gasteiger partial charge in [0.15, 0.2) is 0 Å². The normalized spacial score (nSPS) is 10.5. The molecule has 8 heteroatoms. The number of halogens is 1. The number of hydrogen-bond donors (Lipinski definition) is 1. The fourth-order valence-electron chi connectivity index (χ4n) is 2.23. The molecule has 25 heavy (non-hydrogen) atoms. The summed E-state index contributed by atoms with van der Waals surface area (Å²) in [6.07, 6.45) is 0. The first kappa shape index (κ1) is 17.2. The topological polar surface area (TPSA) is 73.2 Å². The molecule has 2 heterocycles. The molecule has 2 aromatic heterocycles. The van der Waals surface area contributed by atoms with Gasteiger partial charge in [-0.05, 0) is 42.6 Å². The van der Waals surface area contributed by atoms with Crippen molar-refractivity contribution in [1.82, 2.24) is 9.78 Å². The number of benzene rings is 1. The van der Waals surface area contributed by atoms with E-state index in [1.165, 1.54) is 16.0 Å². The van der Waals surface area contributed by atoms with Crippen LogP contribution in [0.15, 0.2) is 41.8 Å². The smallest absolute Gasteiger partial charge is 0.348 e. The van der Waals surface area contributed by atoms with Crippen LogP contribution in [0.4, 0.5) is 5.69 Å². The summed E-state index contributed by atoms with van der Waals surface area (Å²) < 4.78 is 6.73. The SMILES string of the molecule is Cc1nn(C)c(Cl)c1C(=O)Oc1ccc(NC(=O)c2cccs2)cc1. The average Bonchev–Trinajstić information content (AvgIpc) is 3.18. The number of amides is 1. The molecule has 1 N–H and O–H groups in total. The van der Waals surface area contributed by atoms with Gasteiger partial charge in [0.25, 0.3) is 5.91 Å². The highest BCUT2D eigenvalue weighted by molar-refractivity contribution is 7.12. The van der Waals surface area contributed by atoms with Gasteiger partial charge in [-0.15, -0.1) is 11.3 Å². The van der Waals surface area contributed by atoms with Gasteiger partial charge in [0.1, 0.15) is 16.5 Å².